The lowest BCUT2D eigenvalue weighted by Crippen LogP contribution is -1.96. The van der Waals surface area contributed by atoms with Crippen molar-refractivity contribution < 1.29 is 9.47 Å². The highest BCUT2D eigenvalue weighted by Gasteiger charge is 2.11. The van der Waals surface area contributed by atoms with Crippen LogP contribution in [0.25, 0.3) is 0 Å². The molecule has 0 bridgehead atoms. The van der Waals surface area contributed by atoms with Gasteiger partial charge in [0.1, 0.15) is 4.47 Å². The fourth-order valence-corrected chi connectivity index (χ4v) is 1.31. The molecule has 4 nitrogen and oxygen atoms in total. The molecule has 1 heterocycles. The minimum absolute atomic E-state index is 0.0897. The molecule has 0 unspecified atom stereocenters. The van der Waals surface area contributed by atoms with Gasteiger partial charge in [0.2, 0.25) is 17.0 Å². The Balaban J connectivity index is 3.22. The first-order valence-corrected chi connectivity index (χ1v) is 4.17. The zero-order chi connectivity index (χ0) is 9.14. The minimum Gasteiger partial charge on any atom is -0.480 e. The van der Waals surface area contributed by atoms with E-state index in [1.165, 1.54) is 14.2 Å². The van der Waals surface area contributed by atoms with Gasteiger partial charge in [0, 0.05) is 0 Å². The molecular weight excluding hydrogens is 247 g/mol. The van der Waals surface area contributed by atoms with Crippen LogP contribution in [-0.4, -0.2) is 24.2 Å². The standard InChI is InChI=1S/C6H6BrClN2O2/c1-11-4-3(7)5(12-2)10-6(8)9-4/h1-2H3. The summed E-state index contributed by atoms with van der Waals surface area (Å²) >= 11 is 8.78. The Bertz CT molecular complexity index is 270. The maximum atomic E-state index is 5.58. The zero-order valence-electron chi connectivity index (χ0n) is 6.47. The number of hydrogen-bond acceptors (Lipinski definition) is 4. The van der Waals surface area contributed by atoms with Crippen LogP contribution >= 0.6 is 27.5 Å². The molecule has 0 atom stereocenters. The monoisotopic (exact) mass is 252 g/mol. The van der Waals surface area contributed by atoms with Gasteiger partial charge in [0.25, 0.3) is 0 Å². The average molecular weight is 253 g/mol. The van der Waals surface area contributed by atoms with Crippen LogP contribution in [0.3, 0.4) is 0 Å². The van der Waals surface area contributed by atoms with Gasteiger partial charge in [0.15, 0.2) is 0 Å². The molecule has 0 aromatic carbocycles. The van der Waals surface area contributed by atoms with Gasteiger partial charge in [-0.3, -0.25) is 0 Å². The van der Waals surface area contributed by atoms with Crippen molar-refractivity contribution in [2.24, 2.45) is 0 Å². The van der Waals surface area contributed by atoms with E-state index in [4.69, 9.17) is 21.1 Å². The number of rotatable bonds is 2. The van der Waals surface area contributed by atoms with E-state index >= 15 is 0 Å². The smallest absolute Gasteiger partial charge is 0.236 e. The van der Waals surface area contributed by atoms with Crippen LogP contribution in [0, 0.1) is 0 Å². The molecule has 66 valence electrons. The SMILES string of the molecule is COc1nc(Cl)nc(OC)c1Br. The summed E-state index contributed by atoms with van der Waals surface area (Å²) < 4.78 is 10.4. The third-order valence-corrected chi connectivity index (χ3v) is 2.00. The summed E-state index contributed by atoms with van der Waals surface area (Å²) in [5, 5.41) is 0.0897. The molecule has 0 fully saturated rings. The van der Waals surface area contributed by atoms with Crippen molar-refractivity contribution >= 4 is 27.5 Å². The normalized spacial score (nSPS) is 9.67. The first-order chi connectivity index (χ1) is 5.69. The number of methoxy groups -OCH3 is 2. The zero-order valence-corrected chi connectivity index (χ0v) is 8.81. The number of aromatic nitrogens is 2. The Morgan fingerprint density at radius 1 is 1.17 bits per heavy atom. The van der Waals surface area contributed by atoms with E-state index in [0.29, 0.717) is 16.2 Å². The highest BCUT2D eigenvalue weighted by molar-refractivity contribution is 9.10. The Labute approximate surface area is 83.0 Å². The first kappa shape index (κ1) is 9.54. The summed E-state index contributed by atoms with van der Waals surface area (Å²) in [5.41, 5.74) is 0. The van der Waals surface area contributed by atoms with Crippen LogP contribution in [-0.2, 0) is 0 Å². The summed E-state index contributed by atoms with van der Waals surface area (Å²) in [7, 11) is 2.98. The summed E-state index contributed by atoms with van der Waals surface area (Å²) in [6.45, 7) is 0. The van der Waals surface area contributed by atoms with Gasteiger partial charge in [-0.1, -0.05) is 0 Å². The summed E-state index contributed by atoms with van der Waals surface area (Å²) in [4.78, 5) is 7.61. The van der Waals surface area contributed by atoms with E-state index in [9.17, 15) is 0 Å². The molecule has 0 aliphatic rings. The highest BCUT2D eigenvalue weighted by Crippen LogP contribution is 2.31. The van der Waals surface area contributed by atoms with E-state index in [1.807, 2.05) is 0 Å². The van der Waals surface area contributed by atoms with Gasteiger partial charge >= 0.3 is 0 Å². The van der Waals surface area contributed by atoms with Gasteiger partial charge < -0.3 is 9.47 Å². The van der Waals surface area contributed by atoms with E-state index in [-0.39, 0.29) is 5.28 Å². The molecule has 6 heteroatoms. The molecule has 0 radical (unpaired) electrons. The van der Waals surface area contributed by atoms with E-state index in [2.05, 4.69) is 25.9 Å². The van der Waals surface area contributed by atoms with Crippen molar-refractivity contribution in [1.82, 2.24) is 9.97 Å². The summed E-state index contributed by atoms with van der Waals surface area (Å²) in [6.07, 6.45) is 0. The van der Waals surface area contributed by atoms with Crippen molar-refractivity contribution in [2.75, 3.05) is 14.2 Å². The van der Waals surface area contributed by atoms with Crippen molar-refractivity contribution in [3.63, 3.8) is 0 Å². The number of halogens is 2. The average Bonchev–Trinajstić information content (AvgIpc) is 2.08. The Kier molecular flexibility index (Phi) is 3.11. The molecule has 0 spiro atoms. The second-order valence-corrected chi connectivity index (χ2v) is 2.96. The minimum atomic E-state index is 0.0897. The Morgan fingerprint density at radius 2 is 1.58 bits per heavy atom. The lowest BCUT2D eigenvalue weighted by Gasteiger charge is -2.05. The third kappa shape index (κ3) is 1.78. The van der Waals surface area contributed by atoms with Gasteiger partial charge in [-0.2, -0.15) is 9.97 Å². The molecule has 1 rings (SSSR count). The fraction of sp³-hybridized carbons (Fsp3) is 0.333. The number of nitrogens with zero attached hydrogens (tertiary/aromatic N) is 2. The van der Waals surface area contributed by atoms with Crippen LogP contribution in [0.2, 0.25) is 5.28 Å². The van der Waals surface area contributed by atoms with Crippen LogP contribution < -0.4 is 9.47 Å². The highest BCUT2D eigenvalue weighted by atomic mass is 79.9. The molecule has 1 aromatic rings. The van der Waals surface area contributed by atoms with Crippen molar-refractivity contribution in [1.29, 1.82) is 0 Å². The van der Waals surface area contributed by atoms with Crippen molar-refractivity contribution in [2.45, 2.75) is 0 Å². The maximum absolute atomic E-state index is 5.58. The molecule has 0 aliphatic carbocycles. The predicted octanol–water partition coefficient (Wildman–Crippen LogP) is 1.91. The summed E-state index contributed by atoms with van der Waals surface area (Å²) in [5.74, 6) is 0.707. The molecule has 0 saturated carbocycles. The largest absolute Gasteiger partial charge is 0.480 e. The van der Waals surface area contributed by atoms with Gasteiger partial charge in [-0.15, -0.1) is 0 Å². The van der Waals surface area contributed by atoms with Crippen molar-refractivity contribution in [3.8, 4) is 11.8 Å². The first-order valence-electron chi connectivity index (χ1n) is 3.00. The molecule has 12 heavy (non-hydrogen) atoms. The van der Waals surface area contributed by atoms with Gasteiger partial charge in [0.05, 0.1) is 14.2 Å². The third-order valence-electron chi connectivity index (χ3n) is 1.15. The molecule has 0 N–H and O–H groups in total. The molecule has 0 saturated heterocycles. The van der Waals surface area contributed by atoms with Gasteiger partial charge in [-0.05, 0) is 27.5 Å². The van der Waals surface area contributed by atoms with Crippen LogP contribution in [0.4, 0.5) is 0 Å². The van der Waals surface area contributed by atoms with Crippen LogP contribution in [0.5, 0.6) is 11.8 Å². The number of hydrogen-bond donors (Lipinski definition) is 0. The van der Waals surface area contributed by atoms with E-state index < -0.39 is 0 Å². The quantitative estimate of drug-likeness (QED) is 0.755. The molecule has 0 aliphatic heterocycles. The van der Waals surface area contributed by atoms with Crippen LogP contribution in [0.15, 0.2) is 4.47 Å². The van der Waals surface area contributed by atoms with E-state index in [0.717, 1.165) is 0 Å². The number of ether oxygens (including phenoxy) is 2. The maximum Gasteiger partial charge on any atom is 0.236 e. The molecule has 0 amide bonds. The van der Waals surface area contributed by atoms with Crippen LogP contribution in [0.1, 0.15) is 0 Å². The van der Waals surface area contributed by atoms with Gasteiger partial charge in [-0.25, -0.2) is 0 Å². The second-order valence-electron chi connectivity index (χ2n) is 1.83. The van der Waals surface area contributed by atoms with Crippen molar-refractivity contribution in [3.05, 3.63) is 9.76 Å². The summed E-state index contributed by atoms with van der Waals surface area (Å²) in [6, 6.07) is 0. The molecule has 1 aromatic heterocycles. The Hall–Kier alpha value is -0.550. The topological polar surface area (TPSA) is 44.2 Å². The lowest BCUT2D eigenvalue weighted by atomic mass is 10.6. The van der Waals surface area contributed by atoms with E-state index in [1.54, 1.807) is 0 Å². The predicted molar refractivity (Wildman–Crippen MR) is 47.8 cm³/mol. The Morgan fingerprint density at radius 3 is 1.92 bits per heavy atom. The fourth-order valence-electron chi connectivity index (χ4n) is 0.653. The molecular formula is C6H6BrClN2O2. The lowest BCUT2D eigenvalue weighted by molar-refractivity contribution is 0.366. The second kappa shape index (κ2) is 3.91.